The lowest BCUT2D eigenvalue weighted by atomic mass is 10.2. The Balaban J connectivity index is 3.15. The summed E-state index contributed by atoms with van der Waals surface area (Å²) in [6.45, 7) is 3.64. The average molecular weight is 182 g/mol. The van der Waals surface area contributed by atoms with Gasteiger partial charge in [0.1, 0.15) is 0 Å². The van der Waals surface area contributed by atoms with Crippen LogP contribution in [0.15, 0.2) is 29.3 Å². The molecule has 1 rings (SSSR count). The van der Waals surface area contributed by atoms with E-state index in [9.17, 15) is 0 Å². The van der Waals surface area contributed by atoms with Crippen molar-refractivity contribution in [2.24, 2.45) is 0 Å². The molecule has 0 spiro atoms. The first-order valence-corrected chi connectivity index (χ1v) is 3.42. The molecule has 1 aromatic carbocycles. The predicted molar refractivity (Wildman–Crippen MR) is 43.1 cm³/mol. The van der Waals surface area contributed by atoms with Gasteiger partial charge in [-0.1, -0.05) is 34.7 Å². The van der Waals surface area contributed by atoms with E-state index >= 15 is 0 Å². The first-order chi connectivity index (χ1) is 4.34. The third-order valence-electron chi connectivity index (χ3n) is 1.06. The molecule has 0 fully saturated rings. The summed E-state index contributed by atoms with van der Waals surface area (Å²) in [5.74, 6) is 0. The van der Waals surface area contributed by atoms with Crippen LogP contribution in [0.2, 0.25) is 0 Å². The molecule has 45 valence electrons. The molecule has 0 unspecified atom stereocenters. The van der Waals surface area contributed by atoms with Gasteiger partial charge in [-0.3, -0.25) is 0 Å². The summed E-state index contributed by atoms with van der Waals surface area (Å²) in [5, 5.41) is 0. The van der Waals surface area contributed by atoms with Crippen molar-refractivity contribution in [3.63, 3.8) is 0 Å². The largest absolute Gasteiger partial charge is 0.0984 e. The Morgan fingerprint density at radius 3 is 2.89 bits per heavy atom. The average Bonchev–Trinajstić information content (AvgIpc) is 1.89. The van der Waals surface area contributed by atoms with Crippen LogP contribution in [-0.2, 0) is 0 Å². The molecule has 0 saturated heterocycles. The maximum Gasteiger partial charge on any atom is 0.0247 e. The molecule has 0 amide bonds. The summed E-state index contributed by atoms with van der Waals surface area (Å²) in [6, 6.07) is 8.64. The Bertz CT molecular complexity index is 216. The second-order valence-corrected chi connectivity index (χ2v) is 2.51. The van der Waals surface area contributed by atoms with Crippen molar-refractivity contribution < 1.29 is 0 Å². The van der Waals surface area contributed by atoms with E-state index in [-0.39, 0.29) is 0 Å². The summed E-state index contributed by atoms with van der Waals surface area (Å²) < 4.78 is 1.07. The molecule has 0 aliphatic carbocycles. The van der Waals surface area contributed by atoms with Crippen LogP contribution in [0.5, 0.6) is 0 Å². The Labute approximate surface area is 63.3 Å². The van der Waals surface area contributed by atoms with E-state index in [0.717, 1.165) is 10.0 Å². The van der Waals surface area contributed by atoms with Crippen LogP contribution < -0.4 is 0 Å². The Morgan fingerprint density at radius 2 is 2.44 bits per heavy atom. The lowest BCUT2D eigenvalue weighted by Gasteiger charge is -1.92. The van der Waals surface area contributed by atoms with Crippen LogP contribution >= 0.6 is 15.9 Å². The van der Waals surface area contributed by atoms with Crippen molar-refractivity contribution in [1.82, 2.24) is 0 Å². The van der Waals surface area contributed by atoms with E-state index in [1.54, 1.807) is 6.08 Å². The molecular weight excluding hydrogens is 176 g/mol. The second kappa shape index (κ2) is 2.83. The number of halogens is 1. The first-order valence-electron chi connectivity index (χ1n) is 2.62. The van der Waals surface area contributed by atoms with Crippen molar-refractivity contribution in [2.45, 2.75) is 0 Å². The fourth-order valence-corrected chi connectivity index (χ4v) is 0.989. The molecule has 0 aromatic heterocycles. The third kappa shape index (κ3) is 1.42. The van der Waals surface area contributed by atoms with E-state index in [1.165, 1.54) is 0 Å². The number of hydrogen-bond donors (Lipinski definition) is 0. The van der Waals surface area contributed by atoms with E-state index in [1.807, 2.05) is 18.2 Å². The van der Waals surface area contributed by atoms with Gasteiger partial charge in [-0.25, -0.2) is 0 Å². The fraction of sp³-hybridized carbons (Fsp3) is 0. The van der Waals surface area contributed by atoms with Gasteiger partial charge in [0.2, 0.25) is 0 Å². The van der Waals surface area contributed by atoms with Crippen molar-refractivity contribution >= 4 is 22.0 Å². The minimum Gasteiger partial charge on any atom is -0.0984 e. The lowest BCUT2D eigenvalue weighted by molar-refractivity contribution is 1.59. The van der Waals surface area contributed by atoms with Crippen LogP contribution in [0.4, 0.5) is 0 Å². The predicted octanol–water partition coefficient (Wildman–Crippen LogP) is 2.89. The van der Waals surface area contributed by atoms with Crippen LogP contribution in [0.3, 0.4) is 0 Å². The van der Waals surface area contributed by atoms with Crippen molar-refractivity contribution in [3.8, 4) is 0 Å². The van der Waals surface area contributed by atoms with Crippen molar-refractivity contribution in [2.75, 3.05) is 0 Å². The summed E-state index contributed by atoms with van der Waals surface area (Å²) in [5.41, 5.74) is 1.08. The smallest absolute Gasteiger partial charge is 0.0247 e. The molecular formula is C8H6Br. The molecule has 1 heteroatoms. The van der Waals surface area contributed by atoms with Crippen LogP contribution in [-0.4, -0.2) is 0 Å². The molecule has 0 saturated carbocycles. The minimum atomic E-state index is 1.07. The van der Waals surface area contributed by atoms with E-state index in [2.05, 4.69) is 28.6 Å². The van der Waals surface area contributed by atoms with Gasteiger partial charge in [-0.05, 0) is 23.8 Å². The zero-order chi connectivity index (χ0) is 6.69. The molecule has 9 heavy (non-hydrogen) atoms. The molecule has 0 nitrogen and oxygen atoms in total. The highest BCUT2D eigenvalue weighted by atomic mass is 79.9. The highest BCUT2D eigenvalue weighted by molar-refractivity contribution is 9.10. The van der Waals surface area contributed by atoms with E-state index in [4.69, 9.17) is 0 Å². The zero-order valence-corrected chi connectivity index (χ0v) is 6.48. The molecule has 0 aliphatic rings. The van der Waals surface area contributed by atoms with E-state index in [0.29, 0.717) is 0 Å². The maximum absolute atomic E-state index is 3.64. The SMILES string of the molecule is C=Cc1c[c]ccc1Br. The summed E-state index contributed by atoms with van der Waals surface area (Å²) in [7, 11) is 0. The quantitative estimate of drug-likeness (QED) is 0.626. The highest BCUT2D eigenvalue weighted by Crippen LogP contribution is 2.15. The molecule has 0 N–H and O–H groups in total. The topological polar surface area (TPSA) is 0 Å². The highest BCUT2D eigenvalue weighted by Gasteiger charge is 1.89. The Kier molecular flexibility index (Phi) is 2.06. The standard InChI is InChI=1S/C8H6Br/c1-2-7-5-3-4-6-8(7)9/h2,4-6H,1H2. The summed E-state index contributed by atoms with van der Waals surface area (Å²) >= 11 is 3.37. The van der Waals surface area contributed by atoms with Gasteiger partial charge in [-0.2, -0.15) is 0 Å². The molecule has 1 radical (unpaired) electrons. The molecule has 1 aromatic rings. The normalized spacial score (nSPS) is 9.00. The number of benzene rings is 1. The van der Waals surface area contributed by atoms with E-state index < -0.39 is 0 Å². The van der Waals surface area contributed by atoms with Crippen LogP contribution in [0.25, 0.3) is 6.08 Å². The number of hydrogen-bond acceptors (Lipinski definition) is 0. The van der Waals surface area contributed by atoms with Gasteiger partial charge in [-0.15, -0.1) is 0 Å². The minimum absolute atomic E-state index is 1.07. The van der Waals surface area contributed by atoms with Crippen molar-refractivity contribution in [1.29, 1.82) is 0 Å². The van der Waals surface area contributed by atoms with Crippen LogP contribution in [0.1, 0.15) is 5.56 Å². The van der Waals surface area contributed by atoms with Gasteiger partial charge < -0.3 is 0 Å². The van der Waals surface area contributed by atoms with Gasteiger partial charge in [0.15, 0.2) is 0 Å². The van der Waals surface area contributed by atoms with Gasteiger partial charge >= 0.3 is 0 Å². The second-order valence-electron chi connectivity index (χ2n) is 1.65. The summed E-state index contributed by atoms with van der Waals surface area (Å²) in [6.07, 6.45) is 1.79. The van der Waals surface area contributed by atoms with Crippen LogP contribution in [0, 0.1) is 6.07 Å². The molecule has 0 aliphatic heterocycles. The molecule has 0 heterocycles. The van der Waals surface area contributed by atoms with Gasteiger partial charge in [0.25, 0.3) is 0 Å². The summed E-state index contributed by atoms with van der Waals surface area (Å²) in [4.78, 5) is 0. The fourth-order valence-electron chi connectivity index (χ4n) is 0.581. The third-order valence-corrected chi connectivity index (χ3v) is 1.78. The Morgan fingerprint density at radius 1 is 1.67 bits per heavy atom. The Hall–Kier alpha value is -0.560. The molecule has 0 atom stereocenters. The monoisotopic (exact) mass is 181 g/mol. The van der Waals surface area contributed by atoms with Gasteiger partial charge in [0, 0.05) is 4.47 Å². The van der Waals surface area contributed by atoms with Gasteiger partial charge in [0.05, 0.1) is 0 Å². The zero-order valence-electron chi connectivity index (χ0n) is 4.89. The maximum atomic E-state index is 3.64. The number of rotatable bonds is 1. The first kappa shape index (κ1) is 6.56. The van der Waals surface area contributed by atoms with Crippen molar-refractivity contribution in [3.05, 3.63) is 40.9 Å². The molecule has 0 bridgehead atoms. The lowest BCUT2D eigenvalue weighted by Crippen LogP contribution is -1.70.